The normalized spacial score (nSPS) is 11.9. The molecular formula is C20H20N2O4S. The summed E-state index contributed by atoms with van der Waals surface area (Å²) in [5.74, 6) is -0.804. The van der Waals surface area contributed by atoms with Crippen LogP contribution < -0.4 is 5.32 Å². The molecule has 0 aliphatic heterocycles. The summed E-state index contributed by atoms with van der Waals surface area (Å²) in [7, 11) is 0. The SMILES string of the molecule is Cc1oc(-c2cccs2)nc1CC(=O)NCC(Cc1ccccc1)C(=O)O. The Morgan fingerprint density at radius 3 is 2.67 bits per heavy atom. The zero-order chi connectivity index (χ0) is 19.2. The van der Waals surface area contributed by atoms with Crippen LogP contribution in [-0.4, -0.2) is 28.5 Å². The molecule has 0 aliphatic rings. The van der Waals surface area contributed by atoms with E-state index >= 15 is 0 Å². The van der Waals surface area contributed by atoms with E-state index in [1.165, 1.54) is 11.3 Å². The zero-order valence-corrected chi connectivity index (χ0v) is 15.7. The van der Waals surface area contributed by atoms with Crippen LogP contribution in [0.4, 0.5) is 0 Å². The Morgan fingerprint density at radius 2 is 2.00 bits per heavy atom. The zero-order valence-electron chi connectivity index (χ0n) is 14.8. The van der Waals surface area contributed by atoms with Gasteiger partial charge in [-0.1, -0.05) is 36.4 Å². The molecule has 1 aromatic carbocycles. The highest BCUT2D eigenvalue weighted by Crippen LogP contribution is 2.26. The van der Waals surface area contributed by atoms with Gasteiger partial charge in [0, 0.05) is 6.54 Å². The lowest BCUT2D eigenvalue weighted by Gasteiger charge is -2.13. The average molecular weight is 384 g/mol. The fourth-order valence-corrected chi connectivity index (χ4v) is 3.34. The molecule has 1 unspecified atom stereocenters. The number of rotatable bonds is 8. The van der Waals surface area contributed by atoms with Gasteiger partial charge in [-0.05, 0) is 30.4 Å². The molecule has 0 fully saturated rings. The van der Waals surface area contributed by atoms with Crippen LogP contribution in [0.3, 0.4) is 0 Å². The molecule has 2 aromatic heterocycles. The predicted molar refractivity (Wildman–Crippen MR) is 103 cm³/mol. The number of hydrogen-bond donors (Lipinski definition) is 2. The molecule has 2 heterocycles. The summed E-state index contributed by atoms with van der Waals surface area (Å²) in [6.07, 6.45) is 0.417. The molecular weight excluding hydrogens is 364 g/mol. The van der Waals surface area contributed by atoms with Gasteiger partial charge < -0.3 is 14.8 Å². The summed E-state index contributed by atoms with van der Waals surface area (Å²) in [6, 6.07) is 13.2. The largest absolute Gasteiger partial charge is 0.481 e. The van der Waals surface area contributed by atoms with Gasteiger partial charge in [0.25, 0.3) is 0 Å². The monoisotopic (exact) mass is 384 g/mol. The predicted octanol–water partition coefficient (Wildman–Crippen LogP) is 3.31. The molecule has 2 N–H and O–H groups in total. The summed E-state index contributed by atoms with van der Waals surface area (Å²) < 4.78 is 5.63. The third-order valence-electron chi connectivity index (χ3n) is 4.17. The van der Waals surface area contributed by atoms with Gasteiger partial charge in [-0.2, -0.15) is 0 Å². The van der Waals surface area contributed by atoms with Crippen LogP contribution in [0.15, 0.2) is 52.3 Å². The number of carboxylic acid groups (broad SMARTS) is 1. The van der Waals surface area contributed by atoms with E-state index in [1.54, 1.807) is 6.92 Å². The van der Waals surface area contributed by atoms with Crippen molar-refractivity contribution in [1.29, 1.82) is 0 Å². The molecule has 6 nitrogen and oxygen atoms in total. The molecule has 1 atom stereocenters. The topological polar surface area (TPSA) is 92.4 Å². The second-order valence-corrected chi connectivity index (χ2v) is 7.15. The molecule has 7 heteroatoms. The number of aryl methyl sites for hydroxylation is 1. The fourth-order valence-electron chi connectivity index (χ4n) is 2.69. The first-order valence-electron chi connectivity index (χ1n) is 8.56. The molecule has 0 radical (unpaired) electrons. The van der Waals surface area contributed by atoms with E-state index in [0.29, 0.717) is 23.8 Å². The van der Waals surface area contributed by atoms with Gasteiger partial charge in [0.1, 0.15) is 5.76 Å². The number of nitrogens with one attached hydrogen (secondary N) is 1. The number of thiophene rings is 1. The molecule has 1 amide bonds. The quantitative estimate of drug-likeness (QED) is 0.622. The first-order valence-corrected chi connectivity index (χ1v) is 9.44. The highest BCUT2D eigenvalue weighted by Gasteiger charge is 2.20. The Hall–Kier alpha value is -2.93. The lowest BCUT2D eigenvalue weighted by atomic mass is 9.99. The lowest BCUT2D eigenvalue weighted by molar-refractivity contribution is -0.141. The van der Waals surface area contributed by atoms with E-state index in [4.69, 9.17) is 4.42 Å². The average Bonchev–Trinajstić information content (AvgIpc) is 3.30. The Kier molecular flexibility index (Phi) is 6.03. The van der Waals surface area contributed by atoms with Crippen LogP contribution in [0.5, 0.6) is 0 Å². The molecule has 0 saturated heterocycles. The summed E-state index contributed by atoms with van der Waals surface area (Å²) in [6.45, 7) is 1.83. The highest BCUT2D eigenvalue weighted by molar-refractivity contribution is 7.13. The number of amides is 1. The number of carbonyl (C=O) groups excluding carboxylic acids is 1. The van der Waals surface area contributed by atoms with Crippen molar-refractivity contribution in [3.63, 3.8) is 0 Å². The van der Waals surface area contributed by atoms with E-state index < -0.39 is 11.9 Å². The first-order chi connectivity index (χ1) is 13.0. The van der Waals surface area contributed by atoms with Gasteiger partial charge >= 0.3 is 5.97 Å². The number of aliphatic carboxylic acids is 1. The Balaban J connectivity index is 1.57. The van der Waals surface area contributed by atoms with Crippen molar-refractivity contribution in [3.05, 3.63) is 64.9 Å². The van der Waals surface area contributed by atoms with Crippen molar-refractivity contribution in [1.82, 2.24) is 10.3 Å². The van der Waals surface area contributed by atoms with E-state index in [-0.39, 0.29) is 18.9 Å². The third-order valence-corrected chi connectivity index (χ3v) is 5.03. The molecule has 27 heavy (non-hydrogen) atoms. The number of carboxylic acids is 1. The molecule has 0 saturated carbocycles. The molecule has 3 rings (SSSR count). The van der Waals surface area contributed by atoms with Crippen LogP contribution in [0.25, 0.3) is 10.8 Å². The molecule has 0 spiro atoms. The summed E-state index contributed by atoms with van der Waals surface area (Å²) in [4.78, 5) is 29.0. The number of oxazole rings is 1. The van der Waals surface area contributed by atoms with Crippen molar-refractivity contribution in [2.24, 2.45) is 5.92 Å². The second-order valence-electron chi connectivity index (χ2n) is 6.20. The van der Waals surface area contributed by atoms with Crippen LogP contribution >= 0.6 is 11.3 Å². The van der Waals surface area contributed by atoms with E-state index in [1.807, 2.05) is 47.8 Å². The molecule has 0 bridgehead atoms. The number of nitrogens with zero attached hydrogens (tertiary/aromatic N) is 1. The minimum Gasteiger partial charge on any atom is -0.481 e. The highest BCUT2D eigenvalue weighted by atomic mass is 32.1. The second kappa shape index (κ2) is 8.64. The fraction of sp³-hybridized carbons (Fsp3) is 0.250. The number of carbonyl (C=O) groups is 2. The molecule has 0 aliphatic carbocycles. The Bertz CT molecular complexity index is 903. The van der Waals surface area contributed by atoms with Gasteiger partial charge in [0.15, 0.2) is 0 Å². The maximum atomic E-state index is 12.3. The summed E-state index contributed by atoms with van der Waals surface area (Å²) in [5.41, 5.74) is 1.48. The van der Waals surface area contributed by atoms with Gasteiger partial charge in [0.2, 0.25) is 11.8 Å². The first kappa shape index (κ1) is 18.8. The minimum atomic E-state index is -0.934. The van der Waals surface area contributed by atoms with Crippen molar-refractivity contribution in [2.75, 3.05) is 6.54 Å². The third kappa shape index (κ3) is 5.04. The Labute approximate surface area is 160 Å². The maximum Gasteiger partial charge on any atom is 0.308 e. The van der Waals surface area contributed by atoms with Gasteiger partial charge in [-0.25, -0.2) is 4.98 Å². The van der Waals surface area contributed by atoms with Gasteiger partial charge in [0.05, 0.1) is 22.9 Å². The van der Waals surface area contributed by atoms with Gasteiger partial charge in [-0.3, -0.25) is 9.59 Å². The summed E-state index contributed by atoms with van der Waals surface area (Å²) in [5, 5.41) is 14.0. The molecule has 3 aromatic rings. The van der Waals surface area contributed by atoms with Crippen molar-refractivity contribution in [2.45, 2.75) is 19.8 Å². The standard InChI is InChI=1S/C20H20N2O4S/c1-13-16(22-19(26-13)17-8-5-9-27-17)11-18(23)21-12-15(20(24)25)10-14-6-3-2-4-7-14/h2-9,15H,10-12H2,1H3,(H,21,23)(H,24,25). The smallest absolute Gasteiger partial charge is 0.308 e. The van der Waals surface area contributed by atoms with Crippen molar-refractivity contribution >= 4 is 23.2 Å². The van der Waals surface area contributed by atoms with Crippen LogP contribution in [-0.2, 0) is 22.4 Å². The van der Waals surface area contributed by atoms with E-state index in [9.17, 15) is 14.7 Å². The number of hydrogen-bond acceptors (Lipinski definition) is 5. The van der Waals surface area contributed by atoms with E-state index in [0.717, 1.165) is 10.4 Å². The Morgan fingerprint density at radius 1 is 1.22 bits per heavy atom. The van der Waals surface area contributed by atoms with Crippen LogP contribution in [0.2, 0.25) is 0 Å². The van der Waals surface area contributed by atoms with Crippen LogP contribution in [0, 0.1) is 12.8 Å². The van der Waals surface area contributed by atoms with E-state index in [2.05, 4.69) is 10.3 Å². The van der Waals surface area contributed by atoms with Crippen molar-refractivity contribution < 1.29 is 19.1 Å². The molecule has 140 valence electrons. The number of benzene rings is 1. The minimum absolute atomic E-state index is 0.0540. The number of aromatic nitrogens is 1. The maximum absolute atomic E-state index is 12.3. The van der Waals surface area contributed by atoms with Crippen LogP contribution in [0.1, 0.15) is 17.0 Å². The summed E-state index contributed by atoms with van der Waals surface area (Å²) >= 11 is 1.51. The van der Waals surface area contributed by atoms with Crippen molar-refractivity contribution in [3.8, 4) is 10.8 Å². The lowest BCUT2D eigenvalue weighted by Crippen LogP contribution is -2.35. The van der Waals surface area contributed by atoms with Gasteiger partial charge in [-0.15, -0.1) is 11.3 Å².